The van der Waals surface area contributed by atoms with Gasteiger partial charge in [0.05, 0.1) is 5.52 Å². The average Bonchev–Trinajstić information content (AvgIpc) is 2.74. The maximum atomic E-state index is 9.73. The van der Waals surface area contributed by atoms with E-state index in [-0.39, 0.29) is 11.5 Å². The summed E-state index contributed by atoms with van der Waals surface area (Å²) in [6.45, 7) is 7.36. The lowest BCUT2D eigenvalue weighted by Crippen LogP contribution is -2.25. The number of hydrogen-bond donors (Lipinski definition) is 3. The lowest BCUT2D eigenvalue weighted by molar-refractivity contribution is 0.308. The lowest BCUT2D eigenvalue weighted by Gasteiger charge is -2.17. The molecule has 0 saturated carbocycles. The van der Waals surface area contributed by atoms with E-state index in [1.165, 1.54) is 6.07 Å². The summed E-state index contributed by atoms with van der Waals surface area (Å²) in [5.74, 6) is 0.197. The number of phenols is 2. The van der Waals surface area contributed by atoms with E-state index in [9.17, 15) is 10.2 Å². The van der Waals surface area contributed by atoms with Crippen molar-refractivity contribution in [2.75, 3.05) is 19.6 Å². The number of nitrogens with zero attached hydrogens (tertiary/aromatic N) is 1. The van der Waals surface area contributed by atoms with E-state index in [0.29, 0.717) is 5.52 Å². The number of hydrogen-bond acceptors (Lipinski definition) is 3. The van der Waals surface area contributed by atoms with Gasteiger partial charge in [-0.05, 0) is 31.1 Å². The molecule has 1 aromatic heterocycles. The van der Waals surface area contributed by atoms with Crippen LogP contribution in [0.5, 0.6) is 11.5 Å². The average molecular weight is 248 g/mol. The van der Waals surface area contributed by atoms with Crippen LogP contribution >= 0.6 is 0 Å². The van der Waals surface area contributed by atoms with Crippen molar-refractivity contribution in [3.8, 4) is 11.5 Å². The van der Waals surface area contributed by atoms with E-state index in [2.05, 4.69) is 23.7 Å². The van der Waals surface area contributed by atoms with Crippen molar-refractivity contribution >= 4 is 10.9 Å². The van der Waals surface area contributed by atoms with Crippen LogP contribution in [0.2, 0.25) is 0 Å². The topological polar surface area (TPSA) is 59.5 Å². The molecule has 0 amide bonds. The highest BCUT2D eigenvalue weighted by Gasteiger charge is 2.10. The minimum Gasteiger partial charge on any atom is -0.508 e. The molecule has 0 fully saturated rings. The Morgan fingerprint density at radius 2 is 1.89 bits per heavy atom. The Balaban J connectivity index is 2.24. The summed E-state index contributed by atoms with van der Waals surface area (Å²) in [5, 5.41) is 20.2. The Hall–Kier alpha value is -1.68. The standard InChI is InChI=1S/C14H20N2O2/c1-3-16(4-2)6-5-10-9-15-14-12(10)7-11(17)8-13(14)18/h7-9,15,17-18H,3-6H2,1-2H3. The summed E-state index contributed by atoms with van der Waals surface area (Å²) < 4.78 is 0. The van der Waals surface area contributed by atoms with E-state index in [4.69, 9.17) is 0 Å². The smallest absolute Gasteiger partial charge is 0.143 e. The summed E-state index contributed by atoms with van der Waals surface area (Å²) in [5.41, 5.74) is 1.82. The molecule has 4 nitrogen and oxygen atoms in total. The molecule has 2 rings (SSSR count). The minimum absolute atomic E-state index is 0.0964. The van der Waals surface area contributed by atoms with Crippen molar-refractivity contribution < 1.29 is 10.2 Å². The molecular formula is C14H20N2O2. The van der Waals surface area contributed by atoms with Crippen molar-refractivity contribution in [2.45, 2.75) is 20.3 Å². The molecule has 0 saturated heterocycles. The summed E-state index contributed by atoms with van der Waals surface area (Å²) in [6, 6.07) is 3.05. The fourth-order valence-corrected chi connectivity index (χ4v) is 2.28. The van der Waals surface area contributed by atoms with Gasteiger partial charge in [0.25, 0.3) is 0 Å². The molecule has 18 heavy (non-hydrogen) atoms. The first-order valence-electron chi connectivity index (χ1n) is 6.40. The number of rotatable bonds is 5. The van der Waals surface area contributed by atoms with Crippen molar-refractivity contribution in [3.63, 3.8) is 0 Å². The number of aromatic nitrogens is 1. The van der Waals surface area contributed by atoms with E-state index in [0.717, 1.165) is 37.0 Å². The van der Waals surface area contributed by atoms with Gasteiger partial charge >= 0.3 is 0 Å². The van der Waals surface area contributed by atoms with Crippen LogP contribution in [0.1, 0.15) is 19.4 Å². The van der Waals surface area contributed by atoms with Crippen LogP contribution in [0.25, 0.3) is 10.9 Å². The summed E-state index contributed by atoms with van der Waals surface area (Å²) in [4.78, 5) is 5.41. The number of aromatic hydroxyl groups is 2. The van der Waals surface area contributed by atoms with Crippen LogP contribution in [-0.2, 0) is 6.42 Å². The first kappa shape index (κ1) is 12.8. The Morgan fingerprint density at radius 3 is 2.56 bits per heavy atom. The van der Waals surface area contributed by atoms with Gasteiger partial charge in [0.2, 0.25) is 0 Å². The number of fused-ring (bicyclic) bond motifs is 1. The van der Waals surface area contributed by atoms with Crippen LogP contribution in [0.4, 0.5) is 0 Å². The van der Waals surface area contributed by atoms with Crippen molar-refractivity contribution in [1.29, 1.82) is 0 Å². The molecular weight excluding hydrogens is 228 g/mol. The molecule has 2 aromatic rings. The van der Waals surface area contributed by atoms with E-state index >= 15 is 0 Å². The van der Waals surface area contributed by atoms with Crippen LogP contribution in [-0.4, -0.2) is 39.7 Å². The van der Waals surface area contributed by atoms with Gasteiger partial charge in [-0.3, -0.25) is 0 Å². The molecule has 0 spiro atoms. The van der Waals surface area contributed by atoms with Gasteiger partial charge in [-0.2, -0.15) is 0 Å². The highest BCUT2D eigenvalue weighted by Crippen LogP contribution is 2.31. The third kappa shape index (κ3) is 2.43. The molecule has 0 aliphatic carbocycles. The fraction of sp³-hybridized carbons (Fsp3) is 0.429. The van der Waals surface area contributed by atoms with E-state index in [1.807, 2.05) is 6.20 Å². The SMILES string of the molecule is CCN(CC)CCc1c[nH]c2c(O)cc(O)cc12. The summed E-state index contributed by atoms with van der Waals surface area (Å²) in [6.07, 6.45) is 2.82. The van der Waals surface area contributed by atoms with Crippen LogP contribution in [0, 0.1) is 0 Å². The van der Waals surface area contributed by atoms with Gasteiger partial charge in [0.1, 0.15) is 11.5 Å². The van der Waals surface area contributed by atoms with Crippen molar-refractivity contribution in [3.05, 3.63) is 23.9 Å². The molecule has 0 aliphatic heterocycles. The Kier molecular flexibility index (Phi) is 3.77. The first-order chi connectivity index (χ1) is 8.65. The van der Waals surface area contributed by atoms with Gasteiger partial charge in [-0.1, -0.05) is 13.8 Å². The van der Waals surface area contributed by atoms with Crippen molar-refractivity contribution in [2.24, 2.45) is 0 Å². The Bertz CT molecular complexity index is 530. The second-order valence-electron chi connectivity index (χ2n) is 4.48. The molecule has 0 atom stereocenters. The zero-order chi connectivity index (χ0) is 13.1. The summed E-state index contributed by atoms with van der Waals surface area (Å²) >= 11 is 0. The molecule has 3 N–H and O–H groups in total. The predicted molar refractivity (Wildman–Crippen MR) is 73.1 cm³/mol. The molecule has 98 valence electrons. The minimum atomic E-state index is 0.0964. The Morgan fingerprint density at radius 1 is 1.17 bits per heavy atom. The third-order valence-corrected chi connectivity index (χ3v) is 3.43. The molecule has 1 aromatic carbocycles. The van der Waals surface area contributed by atoms with Crippen LogP contribution in [0.15, 0.2) is 18.3 Å². The number of benzene rings is 1. The number of nitrogens with one attached hydrogen (secondary N) is 1. The highest BCUT2D eigenvalue weighted by molar-refractivity contribution is 5.89. The van der Waals surface area contributed by atoms with Crippen LogP contribution in [0.3, 0.4) is 0 Å². The monoisotopic (exact) mass is 248 g/mol. The van der Waals surface area contributed by atoms with Crippen LogP contribution < -0.4 is 0 Å². The van der Waals surface area contributed by atoms with Gasteiger partial charge < -0.3 is 20.1 Å². The molecule has 0 unspecified atom stereocenters. The lowest BCUT2D eigenvalue weighted by atomic mass is 10.1. The fourth-order valence-electron chi connectivity index (χ4n) is 2.28. The maximum Gasteiger partial charge on any atom is 0.143 e. The van der Waals surface area contributed by atoms with E-state index < -0.39 is 0 Å². The normalized spacial score (nSPS) is 11.5. The largest absolute Gasteiger partial charge is 0.508 e. The van der Waals surface area contributed by atoms with Crippen molar-refractivity contribution in [1.82, 2.24) is 9.88 Å². The third-order valence-electron chi connectivity index (χ3n) is 3.43. The molecule has 1 heterocycles. The van der Waals surface area contributed by atoms with E-state index in [1.54, 1.807) is 6.07 Å². The van der Waals surface area contributed by atoms with Gasteiger partial charge in [0, 0.05) is 24.2 Å². The number of H-pyrrole nitrogens is 1. The number of aromatic amines is 1. The van der Waals surface area contributed by atoms with Gasteiger partial charge in [-0.15, -0.1) is 0 Å². The molecule has 4 heteroatoms. The summed E-state index contributed by atoms with van der Waals surface area (Å²) in [7, 11) is 0. The second-order valence-corrected chi connectivity index (χ2v) is 4.48. The maximum absolute atomic E-state index is 9.73. The first-order valence-corrected chi connectivity index (χ1v) is 6.40. The number of phenolic OH excluding ortho intramolecular Hbond substituents is 2. The Labute approximate surface area is 107 Å². The molecule has 0 radical (unpaired) electrons. The predicted octanol–water partition coefficient (Wildman–Crippen LogP) is 2.46. The highest BCUT2D eigenvalue weighted by atomic mass is 16.3. The van der Waals surface area contributed by atoms with Gasteiger partial charge in [-0.25, -0.2) is 0 Å². The van der Waals surface area contributed by atoms with Gasteiger partial charge in [0.15, 0.2) is 0 Å². The zero-order valence-corrected chi connectivity index (χ0v) is 10.9. The zero-order valence-electron chi connectivity index (χ0n) is 10.9. The number of likely N-dealkylation sites (N-methyl/N-ethyl adjacent to an activating group) is 1. The second kappa shape index (κ2) is 5.31. The quantitative estimate of drug-likeness (QED) is 0.761. The molecule has 0 bridgehead atoms. The molecule has 0 aliphatic rings.